The third-order valence-corrected chi connectivity index (χ3v) is 19.1. The van der Waals surface area contributed by atoms with Crippen molar-refractivity contribution in [2.24, 2.45) is 11.8 Å². The maximum atomic E-state index is 13.0. The molecule has 17 nitrogen and oxygen atoms in total. The molecule has 4 unspecified atom stereocenters. The van der Waals surface area contributed by atoms with Gasteiger partial charge in [-0.2, -0.15) is 0 Å². The highest BCUT2D eigenvalue weighted by molar-refractivity contribution is 7.47. The number of phosphoric acid groups is 2. The van der Waals surface area contributed by atoms with E-state index in [1.54, 1.807) is 0 Å². The van der Waals surface area contributed by atoms with Crippen molar-refractivity contribution >= 4 is 39.5 Å². The maximum absolute atomic E-state index is 13.0. The van der Waals surface area contributed by atoms with E-state index < -0.39 is 97.5 Å². The van der Waals surface area contributed by atoms with Gasteiger partial charge >= 0.3 is 39.5 Å². The van der Waals surface area contributed by atoms with Gasteiger partial charge in [0.05, 0.1) is 26.4 Å². The van der Waals surface area contributed by atoms with Gasteiger partial charge in [-0.3, -0.25) is 37.3 Å². The first-order valence-electron chi connectivity index (χ1n) is 37.1. The van der Waals surface area contributed by atoms with Gasteiger partial charge in [-0.05, 0) is 37.5 Å². The molecular formula is C71H138O17P2. The molecule has 0 rings (SSSR count). The van der Waals surface area contributed by atoms with Crippen molar-refractivity contribution in [3.8, 4) is 0 Å². The molecule has 19 heteroatoms. The Balaban J connectivity index is 5.17. The van der Waals surface area contributed by atoms with Gasteiger partial charge in [-0.25, -0.2) is 9.13 Å². The number of carbonyl (C=O) groups excluding carboxylic acids is 4. The predicted molar refractivity (Wildman–Crippen MR) is 363 cm³/mol. The summed E-state index contributed by atoms with van der Waals surface area (Å²) in [4.78, 5) is 72.3. The predicted octanol–water partition coefficient (Wildman–Crippen LogP) is 20.4. The quantitative estimate of drug-likeness (QED) is 0.0222. The van der Waals surface area contributed by atoms with Crippen LogP contribution in [0.25, 0.3) is 0 Å². The highest BCUT2D eigenvalue weighted by Gasteiger charge is 2.30. The molecule has 0 aliphatic rings. The molecule has 0 saturated heterocycles. The molecule has 0 aliphatic carbocycles. The van der Waals surface area contributed by atoms with Crippen LogP contribution in [0.1, 0.15) is 363 Å². The minimum atomic E-state index is -4.95. The number of hydrogen-bond acceptors (Lipinski definition) is 15. The first kappa shape index (κ1) is 88.1. The molecule has 3 N–H and O–H groups in total. The number of esters is 4. The van der Waals surface area contributed by atoms with Crippen molar-refractivity contribution in [1.29, 1.82) is 0 Å². The zero-order valence-electron chi connectivity index (χ0n) is 58.4. The van der Waals surface area contributed by atoms with Crippen LogP contribution in [0.5, 0.6) is 0 Å². The lowest BCUT2D eigenvalue weighted by Crippen LogP contribution is -2.30. The lowest BCUT2D eigenvalue weighted by atomic mass is 9.99. The Morgan fingerprint density at radius 3 is 0.789 bits per heavy atom. The van der Waals surface area contributed by atoms with Crippen molar-refractivity contribution in [2.45, 2.75) is 381 Å². The average molecular weight is 1330 g/mol. The summed E-state index contributed by atoms with van der Waals surface area (Å²) in [6, 6.07) is 0. The van der Waals surface area contributed by atoms with E-state index in [4.69, 9.17) is 37.0 Å². The highest BCUT2D eigenvalue weighted by atomic mass is 31.2. The van der Waals surface area contributed by atoms with Crippen molar-refractivity contribution in [3.63, 3.8) is 0 Å². The molecule has 0 amide bonds. The number of unbranched alkanes of at least 4 members (excludes halogenated alkanes) is 38. The molecule has 534 valence electrons. The van der Waals surface area contributed by atoms with Gasteiger partial charge in [0.25, 0.3) is 0 Å². The van der Waals surface area contributed by atoms with Crippen LogP contribution in [0.4, 0.5) is 0 Å². The van der Waals surface area contributed by atoms with Gasteiger partial charge in [-0.15, -0.1) is 0 Å². The van der Waals surface area contributed by atoms with Crippen LogP contribution >= 0.6 is 15.6 Å². The maximum Gasteiger partial charge on any atom is 0.472 e. The molecule has 0 fully saturated rings. The minimum Gasteiger partial charge on any atom is -0.462 e. The number of phosphoric ester groups is 2. The van der Waals surface area contributed by atoms with Crippen LogP contribution in [0, 0.1) is 11.8 Å². The summed E-state index contributed by atoms with van der Waals surface area (Å²) in [5.41, 5.74) is 0. The summed E-state index contributed by atoms with van der Waals surface area (Å²) in [7, 11) is -9.89. The molecule has 0 aromatic heterocycles. The Morgan fingerprint density at radius 2 is 0.533 bits per heavy atom. The second kappa shape index (κ2) is 63.1. The summed E-state index contributed by atoms with van der Waals surface area (Å²) in [6.45, 7) is 9.52. The van der Waals surface area contributed by atoms with E-state index >= 15 is 0 Å². The van der Waals surface area contributed by atoms with Gasteiger partial charge in [0.2, 0.25) is 0 Å². The standard InChI is InChI=1S/C71H138O17P2/c1-7-11-13-15-16-17-18-19-20-21-22-23-24-32-37-43-49-55-71(76)88-67(60-82-69(74)54-48-42-36-31-27-25-29-34-40-45-51-63(5)9-3)62-86-90(79,80)84-58-65(72)57-83-89(77,78)85-61-66(59-81-68(73)53-47-39-14-12-8-2)87-70(75)56-50-44-38-33-28-26-30-35-41-46-52-64(6)10-4/h63-67,72H,7-62H2,1-6H3,(H,77,78)(H,79,80)/t63?,64?,65-,66+,67+/m0/s1. The first-order valence-corrected chi connectivity index (χ1v) is 40.1. The molecule has 90 heavy (non-hydrogen) atoms. The van der Waals surface area contributed by atoms with E-state index in [1.807, 2.05) is 0 Å². The van der Waals surface area contributed by atoms with Crippen LogP contribution in [0.3, 0.4) is 0 Å². The van der Waals surface area contributed by atoms with Crippen molar-refractivity contribution in [2.75, 3.05) is 39.6 Å². The summed E-state index contributed by atoms with van der Waals surface area (Å²) < 4.78 is 68.1. The molecule has 0 spiro atoms. The van der Waals surface area contributed by atoms with Crippen molar-refractivity contribution < 1.29 is 80.2 Å². The molecule has 0 heterocycles. The number of carbonyl (C=O) groups is 4. The van der Waals surface area contributed by atoms with Gasteiger partial charge in [-0.1, -0.05) is 311 Å². The molecule has 7 atom stereocenters. The molecular weight excluding hydrogens is 1190 g/mol. The largest absolute Gasteiger partial charge is 0.472 e. The van der Waals surface area contributed by atoms with E-state index in [2.05, 4.69) is 41.5 Å². The summed E-state index contributed by atoms with van der Waals surface area (Å²) in [5.74, 6) is -0.520. The van der Waals surface area contributed by atoms with Gasteiger partial charge in [0.1, 0.15) is 19.3 Å². The second-order valence-electron chi connectivity index (χ2n) is 26.1. The molecule has 0 saturated carbocycles. The third kappa shape index (κ3) is 62.2. The van der Waals surface area contributed by atoms with Crippen LogP contribution in [-0.2, 0) is 65.4 Å². The van der Waals surface area contributed by atoms with E-state index in [0.29, 0.717) is 25.7 Å². The Kier molecular flexibility index (Phi) is 61.8. The number of aliphatic hydroxyl groups is 1. The summed E-state index contributed by atoms with van der Waals surface area (Å²) >= 11 is 0. The van der Waals surface area contributed by atoms with E-state index in [1.165, 1.54) is 173 Å². The number of rotatable bonds is 70. The van der Waals surface area contributed by atoms with E-state index in [-0.39, 0.29) is 25.7 Å². The van der Waals surface area contributed by atoms with Crippen LogP contribution in [-0.4, -0.2) is 96.7 Å². The van der Waals surface area contributed by atoms with Crippen LogP contribution < -0.4 is 0 Å². The number of ether oxygens (including phenoxy) is 4. The topological polar surface area (TPSA) is 237 Å². The van der Waals surface area contributed by atoms with E-state index in [9.17, 15) is 43.2 Å². The first-order chi connectivity index (χ1) is 43.4. The fourth-order valence-electron chi connectivity index (χ4n) is 10.7. The number of aliphatic hydroxyl groups excluding tert-OH is 1. The molecule has 0 radical (unpaired) electrons. The smallest absolute Gasteiger partial charge is 0.462 e. The lowest BCUT2D eigenvalue weighted by Gasteiger charge is -2.21. The SMILES string of the molecule is CCCCCCCCCCCCCCCCCCCC(=O)O[C@H](COC(=O)CCCCCCCCCCCCC(C)CC)COP(=O)(O)OC[C@@H](O)COP(=O)(O)OC[C@@H](COC(=O)CCCCCCC)OC(=O)CCCCCCCCCCCCC(C)CC. The van der Waals surface area contributed by atoms with Gasteiger partial charge in [0.15, 0.2) is 12.2 Å². The van der Waals surface area contributed by atoms with Crippen molar-refractivity contribution in [3.05, 3.63) is 0 Å². The summed E-state index contributed by atoms with van der Waals surface area (Å²) in [6.07, 6.45) is 48.8. The highest BCUT2D eigenvalue weighted by Crippen LogP contribution is 2.45. The van der Waals surface area contributed by atoms with Gasteiger partial charge in [0, 0.05) is 25.7 Å². The average Bonchev–Trinajstić information content (AvgIpc) is 3.42. The Morgan fingerprint density at radius 1 is 0.311 bits per heavy atom. The Bertz CT molecular complexity index is 1760. The zero-order chi connectivity index (χ0) is 66.5. The molecule has 0 aliphatic heterocycles. The lowest BCUT2D eigenvalue weighted by molar-refractivity contribution is -0.161. The minimum absolute atomic E-state index is 0.105. The van der Waals surface area contributed by atoms with Crippen LogP contribution in [0.2, 0.25) is 0 Å². The molecule has 0 aromatic carbocycles. The van der Waals surface area contributed by atoms with Gasteiger partial charge < -0.3 is 33.8 Å². The molecule has 0 aromatic rings. The normalized spacial score (nSPS) is 14.7. The van der Waals surface area contributed by atoms with E-state index in [0.717, 1.165) is 108 Å². The second-order valence-corrected chi connectivity index (χ2v) is 29.0. The third-order valence-electron chi connectivity index (χ3n) is 17.2. The Labute approximate surface area is 549 Å². The fraction of sp³-hybridized carbons (Fsp3) is 0.944. The summed E-state index contributed by atoms with van der Waals surface area (Å²) in [5, 5.41) is 10.6. The van der Waals surface area contributed by atoms with Crippen LogP contribution in [0.15, 0.2) is 0 Å². The monoisotopic (exact) mass is 1320 g/mol. The fourth-order valence-corrected chi connectivity index (χ4v) is 12.3. The number of hydrogen-bond donors (Lipinski definition) is 3. The Hall–Kier alpha value is -1.94. The molecule has 0 bridgehead atoms. The zero-order valence-corrected chi connectivity index (χ0v) is 60.2. The van der Waals surface area contributed by atoms with Crippen molar-refractivity contribution in [1.82, 2.24) is 0 Å².